The van der Waals surface area contributed by atoms with Crippen LogP contribution in [0.15, 0.2) is 52.1 Å². The van der Waals surface area contributed by atoms with Crippen LogP contribution >= 0.6 is 15.9 Å². The molecule has 0 aliphatic heterocycles. The normalized spacial score (nSPS) is 11.0. The number of carbonyl (C=O) groups is 1. The number of amides is 1. The van der Waals surface area contributed by atoms with Gasteiger partial charge in [0, 0.05) is 4.47 Å². The van der Waals surface area contributed by atoms with Crippen LogP contribution in [0.25, 0.3) is 0 Å². The predicted octanol–water partition coefficient (Wildman–Crippen LogP) is 4.70. The summed E-state index contributed by atoms with van der Waals surface area (Å²) in [4.78, 5) is 16.6. The minimum absolute atomic E-state index is 0.0973. The molecule has 0 aliphatic rings. The second-order valence-corrected chi connectivity index (χ2v) is 6.42. The fourth-order valence-electron chi connectivity index (χ4n) is 1.94. The van der Waals surface area contributed by atoms with Crippen molar-refractivity contribution in [2.45, 2.75) is 19.8 Å². The molecule has 0 spiro atoms. The van der Waals surface area contributed by atoms with Gasteiger partial charge in [0.25, 0.3) is 5.91 Å². The van der Waals surface area contributed by atoms with Gasteiger partial charge in [-0.3, -0.25) is 4.79 Å². The van der Waals surface area contributed by atoms with Gasteiger partial charge in [0.15, 0.2) is 6.61 Å². The van der Waals surface area contributed by atoms with Crippen LogP contribution in [0.5, 0.6) is 0 Å². The number of carbonyl (C=O) groups excluding carboxylic acids is 1. The van der Waals surface area contributed by atoms with E-state index in [1.165, 1.54) is 23.9 Å². The highest BCUT2D eigenvalue weighted by molar-refractivity contribution is 9.10. The standard InChI is InChI=1S/C18H18BrFN2O2/c1-12(2)14-5-3-13(4-6-14)10-21-24-11-18(23)22-17-8-7-15(19)9-16(17)20/h3-10,12H,11H2,1-2H3,(H,22,23)/b21-10-. The van der Waals surface area contributed by atoms with Crippen LogP contribution in [0.3, 0.4) is 0 Å². The van der Waals surface area contributed by atoms with Crippen molar-refractivity contribution in [1.29, 1.82) is 0 Å². The summed E-state index contributed by atoms with van der Waals surface area (Å²) in [5, 5.41) is 6.17. The number of rotatable bonds is 6. The number of benzene rings is 2. The Balaban J connectivity index is 1.81. The minimum Gasteiger partial charge on any atom is -0.386 e. The molecule has 2 aromatic rings. The van der Waals surface area contributed by atoms with Gasteiger partial charge >= 0.3 is 0 Å². The Bertz CT molecular complexity index is 730. The largest absolute Gasteiger partial charge is 0.386 e. The lowest BCUT2D eigenvalue weighted by Crippen LogP contribution is -2.17. The topological polar surface area (TPSA) is 50.7 Å². The van der Waals surface area contributed by atoms with Gasteiger partial charge in [-0.1, -0.05) is 59.2 Å². The summed E-state index contributed by atoms with van der Waals surface area (Å²) in [5.74, 6) is -0.537. The number of nitrogens with zero attached hydrogens (tertiary/aromatic N) is 1. The van der Waals surface area contributed by atoms with Crippen LogP contribution in [0.2, 0.25) is 0 Å². The first-order valence-electron chi connectivity index (χ1n) is 7.46. The Morgan fingerprint density at radius 3 is 2.62 bits per heavy atom. The summed E-state index contributed by atoms with van der Waals surface area (Å²) in [7, 11) is 0. The molecule has 0 fully saturated rings. The molecule has 0 aliphatic carbocycles. The van der Waals surface area contributed by atoms with Crippen LogP contribution in [0.4, 0.5) is 10.1 Å². The zero-order chi connectivity index (χ0) is 17.5. The first-order chi connectivity index (χ1) is 11.5. The van der Waals surface area contributed by atoms with Crippen LogP contribution in [-0.2, 0) is 9.63 Å². The zero-order valence-corrected chi connectivity index (χ0v) is 15.0. The number of hydrogen-bond donors (Lipinski definition) is 1. The van der Waals surface area contributed by atoms with E-state index in [1.807, 2.05) is 24.3 Å². The Morgan fingerprint density at radius 2 is 2.00 bits per heavy atom. The molecule has 2 aromatic carbocycles. The monoisotopic (exact) mass is 392 g/mol. The van der Waals surface area contributed by atoms with Gasteiger partial charge in [0.1, 0.15) is 5.82 Å². The molecule has 0 saturated carbocycles. The molecule has 0 heterocycles. The first kappa shape index (κ1) is 18.1. The number of hydrogen-bond acceptors (Lipinski definition) is 3. The molecule has 0 saturated heterocycles. The highest BCUT2D eigenvalue weighted by Crippen LogP contribution is 2.19. The molecule has 0 atom stereocenters. The third-order valence-corrected chi connectivity index (χ3v) is 3.77. The molecule has 1 amide bonds. The lowest BCUT2D eigenvalue weighted by molar-refractivity contribution is -0.120. The lowest BCUT2D eigenvalue weighted by atomic mass is 10.0. The molecule has 126 valence electrons. The SMILES string of the molecule is CC(C)c1ccc(/C=N\OCC(=O)Nc2ccc(Br)cc2F)cc1. The number of halogens is 2. The minimum atomic E-state index is -0.522. The third kappa shape index (κ3) is 5.45. The number of nitrogens with one attached hydrogen (secondary N) is 1. The fraction of sp³-hybridized carbons (Fsp3) is 0.222. The Morgan fingerprint density at radius 1 is 1.29 bits per heavy atom. The molecule has 0 bridgehead atoms. The summed E-state index contributed by atoms with van der Waals surface area (Å²) in [5.41, 5.74) is 2.21. The maximum absolute atomic E-state index is 13.6. The molecular formula is C18H18BrFN2O2. The van der Waals surface area contributed by atoms with Gasteiger partial charge in [-0.15, -0.1) is 0 Å². The molecule has 0 radical (unpaired) electrons. The maximum atomic E-state index is 13.6. The molecule has 0 aromatic heterocycles. The average molecular weight is 393 g/mol. The highest BCUT2D eigenvalue weighted by Gasteiger charge is 2.07. The van der Waals surface area contributed by atoms with Crippen molar-refractivity contribution in [3.05, 3.63) is 63.9 Å². The van der Waals surface area contributed by atoms with Gasteiger partial charge in [0.2, 0.25) is 0 Å². The van der Waals surface area contributed by atoms with E-state index in [2.05, 4.69) is 40.2 Å². The van der Waals surface area contributed by atoms with Gasteiger partial charge in [-0.05, 0) is 35.2 Å². The van der Waals surface area contributed by atoms with Crippen LogP contribution in [0, 0.1) is 5.82 Å². The Kier molecular flexibility index (Phi) is 6.49. The molecule has 24 heavy (non-hydrogen) atoms. The summed E-state index contributed by atoms with van der Waals surface area (Å²) in [6.07, 6.45) is 1.53. The molecule has 0 unspecified atom stereocenters. The van der Waals surface area contributed by atoms with Crippen molar-refractivity contribution >= 4 is 33.7 Å². The number of oxime groups is 1. The van der Waals surface area contributed by atoms with Crippen molar-refractivity contribution in [3.63, 3.8) is 0 Å². The van der Waals surface area contributed by atoms with Gasteiger partial charge in [-0.25, -0.2) is 4.39 Å². The fourth-order valence-corrected chi connectivity index (χ4v) is 2.27. The first-order valence-corrected chi connectivity index (χ1v) is 8.25. The van der Waals surface area contributed by atoms with Crippen LogP contribution in [0.1, 0.15) is 30.9 Å². The molecular weight excluding hydrogens is 375 g/mol. The van der Waals surface area contributed by atoms with E-state index >= 15 is 0 Å². The summed E-state index contributed by atoms with van der Waals surface area (Å²) < 4.78 is 14.2. The van der Waals surface area contributed by atoms with E-state index in [1.54, 1.807) is 6.07 Å². The van der Waals surface area contributed by atoms with E-state index in [0.717, 1.165) is 5.56 Å². The van der Waals surface area contributed by atoms with Crippen LogP contribution < -0.4 is 5.32 Å². The van der Waals surface area contributed by atoms with E-state index in [-0.39, 0.29) is 12.3 Å². The van der Waals surface area contributed by atoms with Crippen molar-refractivity contribution in [2.24, 2.45) is 5.16 Å². The summed E-state index contributed by atoms with van der Waals surface area (Å²) >= 11 is 3.15. The predicted molar refractivity (Wildman–Crippen MR) is 96.8 cm³/mol. The highest BCUT2D eigenvalue weighted by atomic mass is 79.9. The molecule has 2 rings (SSSR count). The van der Waals surface area contributed by atoms with Crippen molar-refractivity contribution < 1.29 is 14.0 Å². The van der Waals surface area contributed by atoms with Gasteiger partial charge < -0.3 is 10.2 Å². The Labute approximate surface area is 148 Å². The van der Waals surface area contributed by atoms with Crippen molar-refractivity contribution in [1.82, 2.24) is 0 Å². The average Bonchev–Trinajstić information content (AvgIpc) is 2.55. The van der Waals surface area contributed by atoms with Crippen molar-refractivity contribution in [3.8, 4) is 0 Å². The molecule has 4 nitrogen and oxygen atoms in total. The summed E-state index contributed by atoms with van der Waals surface area (Å²) in [6, 6.07) is 12.3. The van der Waals surface area contributed by atoms with Gasteiger partial charge in [0.05, 0.1) is 11.9 Å². The molecule has 1 N–H and O–H groups in total. The maximum Gasteiger partial charge on any atom is 0.265 e. The van der Waals surface area contributed by atoms with E-state index in [0.29, 0.717) is 10.4 Å². The number of anilines is 1. The Hall–Kier alpha value is -2.21. The smallest absolute Gasteiger partial charge is 0.265 e. The van der Waals surface area contributed by atoms with E-state index in [9.17, 15) is 9.18 Å². The van der Waals surface area contributed by atoms with E-state index < -0.39 is 11.7 Å². The van der Waals surface area contributed by atoms with Crippen LogP contribution in [-0.4, -0.2) is 18.7 Å². The summed E-state index contributed by atoms with van der Waals surface area (Å²) in [6.45, 7) is 3.95. The van der Waals surface area contributed by atoms with E-state index in [4.69, 9.17) is 4.84 Å². The molecule has 6 heteroatoms. The third-order valence-electron chi connectivity index (χ3n) is 3.28. The van der Waals surface area contributed by atoms with Crippen molar-refractivity contribution in [2.75, 3.05) is 11.9 Å². The van der Waals surface area contributed by atoms with Gasteiger partial charge in [-0.2, -0.15) is 0 Å². The second-order valence-electron chi connectivity index (χ2n) is 5.50. The second kappa shape index (κ2) is 8.59. The zero-order valence-electron chi connectivity index (χ0n) is 13.4. The quantitative estimate of drug-likeness (QED) is 0.571. The lowest BCUT2D eigenvalue weighted by Gasteiger charge is -2.06.